The van der Waals surface area contributed by atoms with E-state index in [1.165, 1.54) is 5.69 Å². The lowest BCUT2D eigenvalue weighted by molar-refractivity contribution is -0.123. The number of hydrogen-bond acceptors (Lipinski definition) is 5. The van der Waals surface area contributed by atoms with Crippen molar-refractivity contribution in [2.75, 3.05) is 49.6 Å². The summed E-state index contributed by atoms with van der Waals surface area (Å²) < 4.78 is 0. The highest BCUT2D eigenvalue weighted by atomic mass is 32.2. The van der Waals surface area contributed by atoms with Gasteiger partial charge in [-0.25, -0.2) is 0 Å². The van der Waals surface area contributed by atoms with Crippen molar-refractivity contribution < 1.29 is 4.79 Å². The predicted molar refractivity (Wildman–Crippen MR) is 104 cm³/mol. The molecule has 134 valence electrons. The van der Waals surface area contributed by atoms with Gasteiger partial charge in [-0.15, -0.1) is 0 Å². The van der Waals surface area contributed by atoms with Crippen molar-refractivity contribution in [3.8, 4) is 0 Å². The molecule has 1 unspecified atom stereocenters. The molecule has 0 aromatic heterocycles. The Bertz CT molecular complexity index is 491. The topological polar surface area (TPSA) is 61.6 Å². The van der Waals surface area contributed by atoms with E-state index in [1.54, 1.807) is 11.8 Å². The number of amides is 1. The van der Waals surface area contributed by atoms with Crippen molar-refractivity contribution >= 4 is 23.4 Å². The Morgan fingerprint density at radius 3 is 2.54 bits per heavy atom. The zero-order valence-corrected chi connectivity index (χ0v) is 15.6. The molecule has 1 aromatic rings. The summed E-state index contributed by atoms with van der Waals surface area (Å²) >= 11 is 1.72. The molecule has 5 nitrogen and oxygen atoms in total. The highest BCUT2D eigenvalue weighted by Crippen LogP contribution is 2.15. The first-order valence-electron chi connectivity index (χ1n) is 8.67. The summed E-state index contributed by atoms with van der Waals surface area (Å²) in [7, 11) is 0. The largest absolute Gasteiger partial charge is 0.369 e. The summed E-state index contributed by atoms with van der Waals surface area (Å²) in [5.41, 5.74) is 7.21. The maximum Gasteiger partial charge on any atom is 0.237 e. The Morgan fingerprint density at radius 1 is 1.25 bits per heavy atom. The third-order valence-corrected chi connectivity index (χ3v) is 5.03. The Kier molecular flexibility index (Phi) is 7.88. The molecule has 2 atom stereocenters. The molecule has 1 aliphatic rings. The summed E-state index contributed by atoms with van der Waals surface area (Å²) in [6, 6.07) is 10.3. The number of rotatable bonds is 8. The third-order valence-electron chi connectivity index (χ3n) is 4.38. The van der Waals surface area contributed by atoms with Crippen molar-refractivity contribution in [2.45, 2.75) is 25.4 Å². The number of nitrogens with two attached hydrogens (primary N) is 1. The normalized spacial score (nSPS) is 18.2. The first-order valence-corrected chi connectivity index (χ1v) is 10.1. The van der Waals surface area contributed by atoms with E-state index in [9.17, 15) is 4.79 Å². The van der Waals surface area contributed by atoms with Crippen LogP contribution in [-0.2, 0) is 4.79 Å². The van der Waals surface area contributed by atoms with Crippen LogP contribution in [0.25, 0.3) is 0 Å². The van der Waals surface area contributed by atoms with E-state index in [2.05, 4.69) is 46.3 Å². The Morgan fingerprint density at radius 2 is 1.92 bits per heavy atom. The summed E-state index contributed by atoms with van der Waals surface area (Å²) in [5, 5.41) is 3.05. The van der Waals surface area contributed by atoms with Gasteiger partial charge in [-0.05, 0) is 37.5 Å². The minimum absolute atomic E-state index is 0.0283. The van der Waals surface area contributed by atoms with Gasteiger partial charge < -0.3 is 16.0 Å². The summed E-state index contributed by atoms with van der Waals surface area (Å²) in [4.78, 5) is 16.9. The average molecular weight is 351 g/mol. The van der Waals surface area contributed by atoms with Crippen LogP contribution in [0.1, 0.15) is 13.3 Å². The molecule has 2 rings (SSSR count). The van der Waals surface area contributed by atoms with E-state index in [0.29, 0.717) is 0 Å². The number of carbonyl (C=O) groups is 1. The van der Waals surface area contributed by atoms with Crippen LogP contribution in [0.15, 0.2) is 30.3 Å². The number of nitrogens with zero attached hydrogens (tertiary/aromatic N) is 2. The molecular formula is C18H30N4OS. The van der Waals surface area contributed by atoms with Gasteiger partial charge in [0.15, 0.2) is 0 Å². The van der Waals surface area contributed by atoms with Crippen LogP contribution in [0, 0.1) is 0 Å². The van der Waals surface area contributed by atoms with E-state index in [1.807, 2.05) is 12.3 Å². The van der Waals surface area contributed by atoms with Crippen molar-refractivity contribution in [1.82, 2.24) is 10.2 Å². The van der Waals surface area contributed by atoms with Crippen LogP contribution >= 0.6 is 11.8 Å². The molecule has 1 saturated heterocycles. The van der Waals surface area contributed by atoms with Gasteiger partial charge in [-0.1, -0.05) is 18.2 Å². The summed E-state index contributed by atoms with van der Waals surface area (Å²) in [6.07, 6.45) is 2.76. The smallest absolute Gasteiger partial charge is 0.237 e. The van der Waals surface area contributed by atoms with E-state index in [-0.39, 0.29) is 11.9 Å². The molecule has 0 spiro atoms. The molecule has 0 bridgehead atoms. The minimum atomic E-state index is -0.394. The Balaban J connectivity index is 1.70. The zero-order chi connectivity index (χ0) is 17.4. The van der Waals surface area contributed by atoms with Crippen LogP contribution in [0.2, 0.25) is 0 Å². The fourth-order valence-electron chi connectivity index (χ4n) is 2.99. The highest BCUT2D eigenvalue weighted by molar-refractivity contribution is 7.98. The number of carbonyl (C=O) groups excluding carboxylic acids is 1. The number of nitrogens with one attached hydrogen (secondary N) is 1. The Labute approximate surface area is 149 Å². The van der Waals surface area contributed by atoms with Gasteiger partial charge >= 0.3 is 0 Å². The van der Waals surface area contributed by atoms with Gasteiger partial charge in [-0.3, -0.25) is 9.69 Å². The van der Waals surface area contributed by atoms with Gasteiger partial charge in [0, 0.05) is 44.5 Å². The lowest BCUT2D eigenvalue weighted by Gasteiger charge is -2.37. The van der Waals surface area contributed by atoms with Crippen molar-refractivity contribution in [3.63, 3.8) is 0 Å². The number of benzene rings is 1. The zero-order valence-electron chi connectivity index (χ0n) is 14.8. The molecule has 1 amide bonds. The molecule has 24 heavy (non-hydrogen) atoms. The summed E-state index contributed by atoms with van der Waals surface area (Å²) in [5.74, 6) is 0.893. The third kappa shape index (κ3) is 6.00. The molecular weight excluding hydrogens is 320 g/mol. The number of anilines is 1. The van der Waals surface area contributed by atoms with E-state index in [0.717, 1.165) is 44.9 Å². The number of hydrogen-bond donors (Lipinski definition) is 2. The second kappa shape index (κ2) is 9.91. The monoisotopic (exact) mass is 350 g/mol. The molecule has 1 fully saturated rings. The van der Waals surface area contributed by atoms with Gasteiger partial charge in [0.25, 0.3) is 0 Å². The predicted octanol–water partition coefficient (Wildman–Crippen LogP) is 1.39. The first kappa shape index (κ1) is 19.1. The second-order valence-corrected chi connectivity index (χ2v) is 7.41. The van der Waals surface area contributed by atoms with Gasteiger partial charge in [0.05, 0.1) is 6.04 Å². The van der Waals surface area contributed by atoms with Crippen LogP contribution in [0.4, 0.5) is 5.69 Å². The number of para-hydroxylation sites is 1. The minimum Gasteiger partial charge on any atom is -0.369 e. The van der Waals surface area contributed by atoms with E-state index < -0.39 is 6.04 Å². The number of thioether (sulfide) groups is 1. The van der Waals surface area contributed by atoms with Crippen LogP contribution in [0.5, 0.6) is 0 Å². The SMILES string of the molecule is CSCC[C@H](N)C(=O)NC(C)CN1CCN(c2ccccc2)CC1. The lowest BCUT2D eigenvalue weighted by atomic mass is 10.2. The molecule has 3 N–H and O–H groups in total. The standard InChI is InChI=1S/C18H30N4OS/c1-15(20-18(23)17(19)8-13-24-2)14-21-9-11-22(12-10-21)16-6-4-3-5-7-16/h3-7,15,17H,8-14,19H2,1-2H3,(H,20,23)/t15?,17-/m0/s1. The second-order valence-electron chi connectivity index (χ2n) is 6.42. The maximum atomic E-state index is 12.1. The highest BCUT2D eigenvalue weighted by Gasteiger charge is 2.20. The van der Waals surface area contributed by atoms with E-state index >= 15 is 0 Å². The molecule has 0 aliphatic carbocycles. The van der Waals surface area contributed by atoms with Crippen molar-refractivity contribution in [3.05, 3.63) is 30.3 Å². The number of piperazine rings is 1. The molecule has 6 heteroatoms. The molecule has 0 saturated carbocycles. The lowest BCUT2D eigenvalue weighted by Crippen LogP contribution is -2.52. The molecule has 0 radical (unpaired) electrons. The quantitative estimate of drug-likeness (QED) is 0.742. The van der Waals surface area contributed by atoms with Gasteiger partial charge in [0.1, 0.15) is 0 Å². The van der Waals surface area contributed by atoms with Crippen molar-refractivity contribution in [1.29, 1.82) is 0 Å². The van der Waals surface area contributed by atoms with Crippen LogP contribution in [-0.4, -0.2) is 67.6 Å². The van der Waals surface area contributed by atoms with Crippen LogP contribution < -0.4 is 16.0 Å². The fourth-order valence-corrected chi connectivity index (χ4v) is 3.48. The van der Waals surface area contributed by atoms with Gasteiger partial charge in [-0.2, -0.15) is 11.8 Å². The molecule has 1 aromatic carbocycles. The molecule has 1 aliphatic heterocycles. The average Bonchev–Trinajstić information content (AvgIpc) is 2.61. The van der Waals surface area contributed by atoms with Crippen LogP contribution in [0.3, 0.4) is 0 Å². The van der Waals surface area contributed by atoms with Crippen molar-refractivity contribution in [2.24, 2.45) is 5.73 Å². The van der Waals surface area contributed by atoms with Gasteiger partial charge in [0.2, 0.25) is 5.91 Å². The Hall–Kier alpha value is -1.24. The molecule has 1 heterocycles. The first-order chi connectivity index (χ1) is 11.6. The maximum absolute atomic E-state index is 12.1. The fraction of sp³-hybridized carbons (Fsp3) is 0.611. The van der Waals surface area contributed by atoms with E-state index in [4.69, 9.17) is 5.73 Å². The summed E-state index contributed by atoms with van der Waals surface area (Å²) in [6.45, 7) is 7.03.